The first kappa shape index (κ1) is 13.8. The van der Waals surface area contributed by atoms with Crippen LogP contribution in [0.1, 0.15) is 33.5 Å². The predicted molar refractivity (Wildman–Crippen MR) is 67.2 cm³/mol. The highest BCUT2D eigenvalue weighted by Gasteiger charge is 2.30. The van der Waals surface area contributed by atoms with Crippen molar-refractivity contribution in [3.8, 4) is 0 Å². The first-order valence-electron chi connectivity index (χ1n) is 5.93. The number of hydrogen-bond acceptors (Lipinski definition) is 3. The molecule has 0 saturated heterocycles. The lowest BCUT2D eigenvalue weighted by molar-refractivity contribution is -0.135. The highest BCUT2D eigenvalue weighted by atomic mass is 16.3. The highest BCUT2D eigenvalue weighted by Crippen LogP contribution is 2.20. The van der Waals surface area contributed by atoms with Crippen LogP contribution in [-0.4, -0.2) is 23.4 Å². The Labute approximate surface area is 103 Å². The van der Waals surface area contributed by atoms with Crippen molar-refractivity contribution in [2.24, 2.45) is 11.1 Å². The topological polar surface area (TPSA) is 59.5 Å². The van der Waals surface area contributed by atoms with Crippen molar-refractivity contribution in [1.29, 1.82) is 0 Å². The summed E-state index contributed by atoms with van der Waals surface area (Å²) in [5.74, 6) is 0.748. The number of rotatable bonds is 4. The Hall–Kier alpha value is -1.29. The fourth-order valence-corrected chi connectivity index (χ4v) is 1.50. The lowest BCUT2D eigenvalue weighted by Crippen LogP contribution is -2.50. The molecular formula is C13H22N2O2. The van der Waals surface area contributed by atoms with E-state index < -0.39 is 6.04 Å². The first-order valence-corrected chi connectivity index (χ1v) is 5.93. The number of hydrogen-bond donors (Lipinski definition) is 1. The zero-order valence-corrected chi connectivity index (χ0v) is 11.1. The van der Waals surface area contributed by atoms with Crippen LogP contribution in [-0.2, 0) is 11.3 Å². The van der Waals surface area contributed by atoms with Crippen LogP contribution in [0, 0.1) is 5.41 Å². The van der Waals surface area contributed by atoms with Gasteiger partial charge < -0.3 is 15.1 Å². The Bertz CT molecular complexity index is 352. The first-order chi connectivity index (χ1) is 7.86. The summed E-state index contributed by atoms with van der Waals surface area (Å²) in [5, 5.41) is 0. The molecule has 17 heavy (non-hydrogen) atoms. The van der Waals surface area contributed by atoms with Gasteiger partial charge in [0, 0.05) is 6.54 Å². The molecule has 1 amide bonds. The summed E-state index contributed by atoms with van der Waals surface area (Å²) in [7, 11) is 0. The zero-order chi connectivity index (χ0) is 13.1. The van der Waals surface area contributed by atoms with E-state index in [0.717, 1.165) is 5.76 Å². The van der Waals surface area contributed by atoms with Crippen molar-refractivity contribution in [1.82, 2.24) is 4.90 Å². The molecule has 0 aliphatic carbocycles. The lowest BCUT2D eigenvalue weighted by Gasteiger charge is -2.31. The molecule has 1 unspecified atom stereocenters. The molecule has 0 bridgehead atoms. The number of carbonyl (C=O) groups excluding carboxylic acids is 1. The van der Waals surface area contributed by atoms with E-state index in [4.69, 9.17) is 10.2 Å². The Morgan fingerprint density at radius 1 is 1.53 bits per heavy atom. The van der Waals surface area contributed by atoms with Crippen molar-refractivity contribution in [2.45, 2.75) is 40.3 Å². The van der Waals surface area contributed by atoms with Gasteiger partial charge in [0.05, 0.1) is 18.8 Å². The van der Waals surface area contributed by atoms with Gasteiger partial charge in [0.15, 0.2) is 0 Å². The van der Waals surface area contributed by atoms with Crippen LogP contribution in [0.25, 0.3) is 0 Å². The summed E-state index contributed by atoms with van der Waals surface area (Å²) >= 11 is 0. The van der Waals surface area contributed by atoms with Gasteiger partial charge >= 0.3 is 0 Å². The maximum absolute atomic E-state index is 12.2. The van der Waals surface area contributed by atoms with Crippen LogP contribution in [0.3, 0.4) is 0 Å². The Morgan fingerprint density at radius 2 is 2.18 bits per heavy atom. The molecule has 4 nitrogen and oxygen atoms in total. The smallest absolute Gasteiger partial charge is 0.240 e. The van der Waals surface area contributed by atoms with E-state index in [1.165, 1.54) is 0 Å². The normalized spacial score (nSPS) is 13.5. The molecule has 1 heterocycles. The van der Waals surface area contributed by atoms with Gasteiger partial charge in [0.2, 0.25) is 5.91 Å². The van der Waals surface area contributed by atoms with Crippen molar-refractivity contribution < 1.29 is 9.21 Å². The number of furan rings is 1. The minimum Gasteiger partial charge on any atom is -0.467 e. The maximum atomic E-state index is 12.2. The quantitative estimate of drug-likeness (QED) is 0.872. The van der Waals surface area contributed by atoms with E-state index >= 15 is 0 Å². The van der Waals surface area contributed by atoms with Crippen molar-refractivity contribution in [3.63, 3.8) is 0 Å². The zero-order valence-electron chi connectivity index (χ0n) is 11.1. The summed E-state index contributed by atoms with van der Waals surface area (Å²) in [6.07, 6.45) is 1.61. The van der Waals surface area contributed by atoms with Gasteiger partial charge in [-0.05, 0) is 24.5 Å². The molecule has 1 aromatic heterocycles. The standard InChI is InChI=1S/C13H22N2O2/c1-5-15(9-10-7-6-8-17-10)12(16)11(14)13(2,3)4/h6-8,11H,5,9,14H2,1-4H3. The number of likely N-dealkylation sites (N-methyl/N-ethyl adjacent to an activating group) is 1. The van der Waals surface area contributed by atoms with Crippen LogP contribution in [0.2, 0.25) is 0 Å². The summed E-state index contributed by atoms with van der Waals surface area (Å²) in [5.41, 5.74) is 5.75. The Kier molecular flexibility index (Phi) is 4.34. The lowest BCUT2D eigenvalue weighted by atomic mass is 9.86. The molecule has 0 fully saturated rings. The summed E-state index contributed by atoms with van der Waals surface area (Å²) in [4.78, 5) is 13.9. The molecule has 0 spiro atoms. The SMILES string of the molecule is CCN(Cc1ccco1)C(=O)C(N)C(C)(C)C. The molecule has 1 aromatic rings. The second kappa shape index (κ2) is 5.36. The molecule has 1 rings (SSSR count). The molecule has 0 radical (unpaired) electrons. The van der Waals surface area contributed by atoms with Gasteiger partial charge in [-0.25, -0.2) is 0 Å². The highest BCUT2D eigenvalue weighted by molar-refractivity contribution is 5.82. The fraction of sp³-hybridized carbons (Fsp3) is 0.615. The van der Waals surface area contributed by atoms with Crippen LogP contribution in [0.5, 0.6) is 0 Å². The minimum absolute atomic E-state index is 0.0311. The maximum Gasteiger partial charge on any atom is 0.240 e. The van der Waals surface area contributed by atoms with Gasteiger partial charge in [-0.2, -0.15) is 0 Å². The van der Waals surface area contributed by atoms with Crippen LogP contribution in [0.15, 0.2) is 22.8 Å². The molecular weight excluding hydrogens is 216 g/mol. The van der Waals surface area contributed by atoms with Gasteiger partial charge in [0.25, 0.3) is 0 Å². The van der Waals surface area contributed by atoms with Gasteiger partial charge in [0.1, 0.15) is 5.76 Å². The average molecular weight is 238 g/mol. The number of nitrogens with zero attached hydrogens (tertiary/aromatic N) is 1. The van der Waals surface area contributed by atoms with Gasteiger partial charge in [-0.3, -0.25) is 4.79 Å². The van der Waals surface area contributed by atoms with Gasteiger partial charge in [-0.15, -0.1) is 0 Å². The van der Waals surface area contributed by atoms with E-state index in [1.807, 2.05) is 39.8 Å². The van der Waals surface area contributed by atoms with Crippen molar-refractivity contribution >= 4 is 5.91 Å². The molecule has 2 N–H and O–H groups in total. The minimum atomic E-state index is -0.489. The second-order valence-corrected chi connectivity index (χ2v) is 5.28. The largest absolute Gasteiger partial charge is 0.467 e. The molecule has 0 aromatic carbocycles. The second-order valence-electron chi connectivity index (χ2n) is 5.28. The van der Waals surface area contributed by atoms with Crippen LogP contribution in [0.4, 0.5) is 0 Å². The summed E-state index contributed by atoms with van der Waals surface area (Å²) in [6.45, 7) is 8.95. The van der Waals surface area contributed by atoms with E-state index in [0.29, 0.717) is 13.1 Å². The predicted octanol–water partition coefficient (Wildman–Crippen LogP) is 2.00. The molecule has 0 aliphatic rings. The Morgan fingerprint density at radius 3 is 2.59 bits per heavy atom. The van der Waals surface area contributed by atoms with E-state index in [2.05, 4.69) is 0 Å². The van der Waals surface area contributed by atoms with Crippen LogP contribution >= 0.6 is 0 Å². The molecule has 0 saturated carbocycles. The average Bonchev–Trinajstić information content (AvgIpc) is 2.75. The van der Waals surface area contributed by atoms with E-state index in [9.17, 15) is 4.79 Å². The monoisotopic (exact) mass is 238 g/mol. The number of nitrogens with two attached hydrogens (primary N) is 1. The molecule has 1 atom stereocenters. The van der Waals surface area contributed by atoms with Gasteiger partial charge in [-0.1, -0.05) is 20.8 Å². The number of carbonyl (C=O) groups is 1. The summed E-state index contributed by atoms with van der Waals surface area (Å²) in [6, 6.07) is 3.19. The van der Waals surface area contributed by atoms with E-state index in [-0.39, 0.29) is 11.3 Å². The van der Waals surface area contributed by atoms with Crippen LogP contribution < -0.4 is 5.73 Å². The fourth-order valence-electron chi connectivity index (χ4n) is 1.50. The molecule has 4 heteroatoms. The third-order valence-corrected chi connectivity index (χ3v) is 2.82. The van der Waals surface area contributed by atoms with E-state index in [1.54, 1.807) is 11.2 Å². The third kappa shape index (κ3) is 3.60. The summed E-state index contributed by atoms with van der Waals surface area (Å²) < 4.78 is 5.25. The van der Waals surface area contributed by atoms with Crippen molar-refractivity contribution in [2.75, 3.05) is 6.54 Å². The van der Waals surface area contributed by atoms with Crippen molar-refractivity contribution in [3.05, 3.63) is 24.2 Å². The molecule has 96 valence electrons. The molecule has 0 aliphatic heterocycles. The number of amides is 1. The Balaban J connectivity index is 2.71. The third-order valence-electron chi connectivity index (χ3n) is 2.82.